The van der Waals surface area contributed by atoms with Crippen LogP contribution in [0.15, 0.2) is 91.4 Å². The van der Waals surface area contributed by atoms with Gasteiger partial charge in [-0.3, -0.25) is 19.6 Å². The molecule has 1 amide bonds. The van der Waals surface area contributed by atoms with E-state index in [1.54, 1.807) is 12.4 Å². The molecule has 37 heavy (non-hydrogen) atoms. The monoisotopic (exact) mass is 489 g/mol. The Bertz CT molecular complexity index is 1470. The largest absolute Gasteiger partial charge is 0.338 e. The standard InChI is InChI=1S/C29H27N7O/c37-29(35-16-13-23(14-17-35)28-31-27(32-33-28)22-10-5-2-6-11-22)25-20-36(19-21-8-3-1-4-9-21)34-26(25)24-12-7-15-30-18-24/h1-12,15,18,20,23H,13-14,16-17,19H2,(H,31,32,33). The molecule has 0 unspecified atom stereocenters. The Hall–Kier alpha value is -4.59. The zero-order valence-electron chi connectivity index (χ0n) is 20.4. The highest BCUT2D eigenvalue weighted by molar-refractivity contribution is 5.99. The van der Waals surface area contributed by atoms with Crippen molar-refractivity contribution in [3.8, 4) is 22.6 Å². The first-order valence-electron chi connectivity index (χ1n) is 12.5. The summed E-state index contributed by atoms with van der Waals surface area (Å²) in [6.45, 7) is 1.90. The number of aromatic amines is 1. The number of carbonyl (C=O) groups is 1. The number of piperidine rings is 1. The Morgan fingerprint density at radius 1 is 0.919 bits per heavy atom. The van der Waals surface area contributed by atoms with E-state index in [0.717, 1.165) is 35.4 Å². The number of aromatic nitrogens is 6. The Morgan fingerprint density at radius 2 is 1.65 bits per heavy atom. The van der Waals surface area contributed by atoms with Gasteiger partial charge >= 0.3 is 0 Å². The maximum atomic E-state index is 13.7. The average Bonchev–Trinajstić information content (AvgIpc) is 3.63. The summed E-state index contributed by atoms with van der Waals surface area (Å²) < 4.78 is 1.84. The number of rotatable bonds is 6. The molecule has 4 heterocycles. The lowest BCUT2D eigenvalue weighted by atomic mass is 9.95. The molecule has 0 radical (unpaired) electrons. The molecule has 3 aromatic heterocycles. The average molecular weight is 490 g/mol. The molecule has 1 aliphatic rings. The summed E-state index contributed by atoms with van der Waals surface area (Å²) in [7, 11) is 0. The van der Waals surface area contributed by atoms with Crippen molar-refractivity contribution in [2.75, 3.05) is 13.1 Å². The second kappa shape index (κ2) is 10.2. The zero-order valence-corrected chi connectivity index (χ0v) is 20.4. The van der Waals surface area contributed by atoms with Gasteiger partial charge in [-0.2, -0.15) is 10.2 Å². The van der Waals surface area contributed by atoms with E-state index < -0.39 is 0 Å². The van der Waals surface area contributed by atoms with Gasteiger partial charge in [0.25, 0.3) is 5.91 Å². The van der Waals surface area contributed by atoms with Crippen LogP contribution >= 0.6 is 0 Å². The minimum Gasteiger partial charge on any atom is -0.338 e. The molecule has 1 N–H and O–H groups in total. The van der Waals surface area contributed by atoms with E-state index in [-0.39, 0.29) is 11.8 Å². The first kappa shape index (κ1) is 22.8. The second-order valence-electron chi connectivity index (χ2n) is 9.29. The van der Waals surface area contributed by atoms with Crippen molar-refractivity contribution in [1.82, 2.24) is 34.8 Å². The number of H-pyrrole nitrogens is 1. The SMILES string of the molecule is O=C(c1cn(Cc2ccccc2)nc1-c1cccnc1)N1CCC(c2nc(-c3ccccc3)n[nH]2)CC1. The van der Waals surface area contributed by atoms with Crippen LogP contribution in [0.1, 0.15) is 40.5 Å². The third-order valence-corrected chi connectivity index (χ3v) is 6.82. The van der Waals surface area contributed by atoms with Crippen molar-refractivity contribution in [3.63, 3.8) is 0 Å². The van der Waals surface area contributed by atoms with Crippen molar-refractivity contribution in [3.05, 3.63) is 108 Å². The van der Waals surface area contributed by atoms with E-state index in [1.807, 2.05) is 76.4 Å². The van der Waals surface area contributed by atoms with E-state index >= 15 is 0 Å². The molecule has 5 aromatic rings. The van der Waals surface area contributed by atoms with Crippen molar-refractivity contribution in [1.29, 1.82) is 0 Å². The number of benzene rings is 2. The molecule has 0 atom stereocenters. The molecule has 8 nitrogen and oxygen atoms in total. The highest BCUT2D eigenvalue weighted by Gasteiger charge is 2.29. The number of nitrogens with zero attached hydrogens (tertiary/aromatic N) is 6. The molecule has 6 rings (SSSR count). The fraction of sp³-hybridized carbons (Fsp3) is 0.207. The molecule has 1 saturated heterocycles. The van der Waals surface area contributed by atoms with Crippen molar-refractivity contribution in [2.24, 2.45) is 0 Å². The third kappa shape index (κ3) is 4.91. The fourth-order valence-corrected chi connectivity index (χ4v) is 4.84. The lowest BCUT2D eigenvalue weighted by Crippen LogP contribution is -2.38. The Balaban J connectivity index is 1.19. The van der Waals surface area contributed by atoms with Crippen molar-refractivity contribution in [2.45, 2.75) is 25.3 Å². The smallest absolute Gasteiger partial charge is 0.257 e. The van der Waals surface area contributed by atoms with Crippen LogP contribution in [0.3, 0.4) is 0 Å². The number of nitrogens with one attached hydrogen (secondary N) is 1. The summed E-state index contributed by atoms with van der Waals surface area (Å²) in [4.78, 5) is 24.6. The zero-order chi connectivity index (χ0) is 25.0. The lowest BCUT2D eigenvalue weighted by molar-refractivity contribution is 0.0712. The number of carbonyl (C=O) groups excluding carboxylic acids is 1. The van der Waals surface area contributed by atoms with Gasteiger partial charge in [0.2, 0.25) is 0 Å². The quantitative estimate of drug-likeness (QED) is 0.370. The van der Waals surface area contributed by atoms with E-state index in [4.69, 9.17) is 10.1 Å². The molecule has 184 valence electrons. The first-order valence-corrected chi connectivity index (χ1v) is 12.5. The van der Waals surface area contributed by atoms with Gasteiger partial charge in [-0.05, 0) is 30.5 Å². The molecule has 0 saturated carbocycles. The number of hydrogen-bond donors (Lipinski definition) is 1. The molecule has 1 fully saturated rings. The Kier molecular flexibility index (Phi) is 6.29. The van der Waals surface area contributed by atoms with E-state index in [1.165, 1.54) is 0 Å². The van der Waals surface area contributed by atoms with Crippen LogP contribution in [-0.2, 0) is 6.54 Å². The third-order valence-electron chi connectivity index (χ3n) is 6.82. The van der Waals surface area contributed by atoms with E-state index in [0.29, 0.717) is 36.7 Å². The minimum absolute atomic E-state index is 0.000778. The van der Waals surface area contributed by atoms with E-state index in [2.05, 4.69) is 27.3 Å². The van der Waals surface area contributed by atoms with Gasteiger partial charge in [0, 0.05) is 48.7 Å². The molecule has 0 aliphatic carbocycles. The van der Waals surface area contributed by atoms with Gasteiger partial charge in [-0.15, -0.1) is 0 Å². The summed E-state index contributed by atoms with van der Waals surface area (Å²) in [5.74, 6) is 1.84. The highest BCUT2D eigenvalue weighted by Crippen LogP contribution is 2.29. The van der Waals surface area contributed by atoms with Crippen LogP contribution in [-0.4, -0.2) is 53.8 Å². The lowest BCUT2D eigenvalue weighted by Gasteiger charge is -2.31. The van der Waals surface area contributed by atoms with Gasteiger partial charge in [-0.1, -0.05) is 60.7 Å². The molecule has 2 aromatic carbocycles. The number of pyridine rings is 1. The second-order valence-corrected chi connectivity index (χ2v) is 9.29. The Labute approximate surface area is 215 Å². The summed E-state index contributed by atoms with van der Waals surface area (Å²) in [6.07, 6.45) is 7.01. The molecule has 8 heteroatoms. The van der Waals surface area contributed by atoms with Gasteiger partial charge in [-0.25, -0.2) is 4.98 Å². The predicted octanol–water partition coefficient (Wildman–Crippen LogP) is 4.80. The highest BCUT2D eigenvalue weighted by atomic mass is 16.2. The summed E-state index contributed by atoms with van der Waals surface area (Å²) in [6, 6.07) is 23.9. The van der Waals surface area contributed by atoms with E-state index in [9.17, 15) is 4.79 Å². The molecule has 0 spiro atoms. The van der Waals surface area contributed by atoms with Crippen molar-refractivity contribution >= 4 is 5.91 Å². The summed E-state index contributed by atoms with van der Waals surface area (Å²) in [5, 5.41) is 12.3. The Morgan fingerprint density at radius 3 is 2.38 bits per heavy atom. The predicted molar refractivity (Wildman–Crippen MR) is 141 cm³/mol. The summed E-state index contributed by atoms with van der Waals surface area (Å²) in [5.41, 5.74) is 4.23. The van der Waals surface area contributed by atoms with Crippen LogP contribution < -0.4 is 0 Å². The van der Waals surface area contributed by atoms with Crippen LogP contribution in [0.2, 0.25) is 0 Å². The number of amides is 1. The minimum atomic E-state index is -0.000778. The molecular weight excluding hydrogens is 462 g/mol. The fourth-order valence-electron chi connectivity index (χ4n) is 4.84. The van der Waals surface area contributed by atoms with Crippen LogP contribution in [0.25, 0.3) is 22.6 Å². The topological polar surface area (TPSA) is 92.6 Å². The van der Waals surface area contributed by atoms with Gasteiger partial charge in [0.1, 0.15) is 11.5 Å². The van der Waals surface area contributed by atoms with Gasteiger partial charge in [0.05, 0.1) is 12.1 Å². The molecule has 0 bridgehead atoms. The molecular formula is C29H27N7O. The first-order chi connectivity index (χ1) is 18.2. The summed E-state index contributed by atoms with van der Waals surface area (Å²) >= 11 is 0. The van der Waals surface area contributed by atoms with Gasteiger partial charge < -0.3 is 4.90 Å². The number of likely N-dealkylation sites (tertiary alicyclic amines) is 1. The van der Waals surface area contributed by atoms with Crippen molar-refractivity contribution < 1.29 is 4.79 Å². The van der Waals surface area contributed by atoms with Gasteiger partial charge in [0.15, 0.2) is 5.82 Å². The van der Waals surface area contributed by atoms with Crippen LogP contribution in [0.4, 0.5) is 0 Å². The maximum Gasteiger partial charge on any atom is 0.257 e. The van der Waals surface area contributed by atoms with Crippen LogP contribution in [0.5, 0.6) is 0 Å². The number of hydrogen-bond acceptors (Lipinski definition) is 5. The molecule has 1 aliphatic heterocycles. The van der Waals surface area contributed by atoms with Crippen LogP contribution in [0, 0.1) is 0 Å². The normalized spacial score (nSPS) is 14.1. The maximum absolute atomic E-state index is 13.7.